The van der Waals surface area contributed by atoms with Gasteiger partial charge in [-0.3, -0.25) is 9.69 Å². The largest absolute Gasteiger partial charge is 0.486 e. The maximum absolute atomic E-state index is 12.8. The molecular formula is C23H25N3O5. The molecule has 0 saturated carbocycles. The van der Waals surface area contributed by atoms with Crippen molar-refractivity contribution in [2.75, 3.05) is 32.8 Å². The summed E-state index contributed by atoms with van der Waals surface area (Å²) in [6.07, 6.45) is 5.24. The number of carbonyl (C=O) groups excluding carboxylic acids is 1. The number of likely N-dealkylation sites (tertiary alicyclic amines) is 1. The van der Waals surface area contributed by atoms with E-state index in [1.807, 2.05) is 30.3 Å². The van der Waals surface area contributed by atoms with Crippen LogP contribution < -0.4 is 14.8 Å². The quantitative estimate of drug-likeness (QED) is 0.647. The zero-order valence-corrected chi connectivity index (χ0v) is 17.2. The molecule has 1 N–H and O–H groups in total. The van der Waals surface area contributed by atoms with E-state index >= 15 is 0 Å². The van der Waals surface area contributed by atoms with Crippen molar-refractivity contribution in [1.82, 2.24) is 15.4 Å². The van der Waals surface area contributed by atoms with E-state index in [4.69, 9.17) is 18.4 Å². The van der Waals surface area contributed by atoms with Crippen LogP contribution in [-0.2, 0) is 0 Å². The van der Waals surface area contributed by atoms with Crippen molar-refractivity contribution in [3.05, 3.63) is 54.1 Å². The highest BCUT2D eigenvalue weighted by Crippen LogP contribution is 2.34. The summed E-state index contributed by atoms with van der Waals surface area (Å²) in [4.78, 5) is 15.1. The van der Waals surface area contributed by atoms with Crippen LogP contribution in [0.25, 0.3) is 11.3 Å². The first-order valence-electron chi connectivity index (χ1n) is 10.7. The third kappa shape index (κ3) is 4.29. The Morgan fingerprint density at radius 1 is 1.06 bits per heavy atom. The van der Waals surface area contributed by atoms with Crippen molar-refractivity contribution < 1.29 is 23.2 Å². The van der Waals surface area contributed by atoms with Gasteiger partial charge < -0.3 is 23.7 Å². The Labute approximate surface area is 180 Å². The second-order valence-corrected chi connectivity index (χ2v) is 7.77. The van der Waals surface area contributed by atoms with Crippen LogP contribution in [0.4, 0.5) is 0 Å². The summed E-state index contributed by atoms with van der Waals surface area (Å²) in [6, 6.07) is 11.0. The fourth-order valence-electron chi connectivity index (χ4n) is 4.12. The average Bonchev–Trinajstić information content (AvgIpc) is 3.52. The van der Waals surface area contributed by atoms with E-state index in [1.54, 1.807) is 12.3 Å². The normalized spacial score (nSPS) is 17.3. The molecule has 8 heteroatoms. The van der Waals surface area contributed by atoms with Crippen molar-refractivity contribution in [1.29, 1.82) is 0 Å². The number of carbonyl (C=O) groups is 1. The molecule has 31 heavy (non-hydrogen) atoms. The highest BCUT2D eigenvalue weighted by atomic mass is 16.6. The topological polar surface area (TPSA) is 90.0 Å². The van der Waals surface area contributed by atoms with E-state index in [0.29, 0.717) is 37.0 Å². The fourth-order valence-corrected chi connectivity index (χ4v) is 4.12. The van der Waals surface area contributed by atoms with Gasteiger partial charge in [-0.25, -0.2) is 0 Å². The second kappa shape index (κ2) is 8.85. The molecule has 3 aromatic rings. The minimum atomic E-state index is -0.277. The van der Waals surface area contributed by atoms with Gasteiger partial charge in [-0.15, -0.1) is 0 Å². The lowest BCUT2D eigenvalue weighted by atomic mass is 10.1. The van der Waals surface area contributed by atoms with E-state index in [1.165, 1.54) is 6.42 Å². The summed E-state index contributed by atoms with van der Waals surface area (Å²) in [5, 5.41) is 6.95. The smallest absolute Gasteiger partial charge is 0.273 e. The van der Waals surface area contributed by atoms with Gasteiger partial charge in [0.15, 0.2) is 23.0 Å². The summed E-state index contributed by atoms with van der Waals surface area (Å²) in [7, 11) is 0. The maximum atomic E-state index is 12.8. The number of piperidine rings is 1. The highest BCUT2D eigenvalue weighted by Gasteiger charge is 2.26. The molecular weight excluding hydrogens is 398 g/mol. The molecule has 2 aliphatic rings. The van der Waals surface area contributed by atoms with E-state index in [2.05, 4.69) is 15.4 Å². The number of rotatable bonds is 6. The lowest BCUT2D eigenvalue weighted by Gasteiger charge is -2.33. The summed E-state index contributed by atoms with van der Waals surface area (Å²) in [5.74, 6) is 2.45. The van der Waals surface area contributed by atoms with Crippen LogP contribution in [0.15, 0.2) is 51.6 Å². The van der Waals surface area contributed by atoms with Crippen LogP contribution in [0.1, 0.15) is 41.6 Å². The number of benzene rings is 1. The number of aromatic nitrogens is 1. The molecule has 1 aromatic carbocycles. The molecule has 1 fully saturated rings. The molecule has 0 spiro atoms. The van der Waals surface area contributed by atoms with Gasteiger partial charge >= 0.3 is 0 Å². The van der Waals surface area contributed by atoms with Gasteiger partial charge in [0.25, 0.3) is 5.91 Å². The number of nitrogens with one attached hydrogen (secondary N) is 1. The lowest BCUT2D eigenvalue weighted by molar-refractivity contribution is 0.0905. The number of furan rings is 1. The zero-order valence-electron chi connectivity index (χ0n) is 17.2. The summed E-state index contributed by atoms with van der Waals surface area (Å²) in [5.41, 5.74) is 1.01. The predicted molar refractivity (Wildman–Crippen MR) is 112 cm³/mol. The van der Waals surface area contributed by atoms with Gasteiger partial charge in [0.1, 0.15) is 19.0 Å². The van der Waals surface area contributed by atoms with Crippen LogP contribution in [0.3, 0.4) is 0 Å². The molecule has 2 aliphatic heterocycles. The Balaban J connectivity index is 1.27. The molecule has 4 heterocycles. The molecule has 1 unspecified atom stereocenters. The van der Waals surface area contributed by atoms with Crippen LogP contribution in [-0.4, -0.2) is 48.8 Å². The minimum Gasteiger partial charge on any atom is -0.486 e. The molecule has 5 rings (SSSR count). The van der Waals surface area contributed by atoms with Crippen LogP contribution in [0.2, 0.25) is 0 Å². The first-order valence-corrected chi connectivity index (χ1v) is 10.7. The van der Waals surface area contributed by atoms with Gasteiger partial charge in [0.2, 0.25) is 0 Å². The summed E-state index contributed by atoms with van der Waals surface area (Å²) >= 11 is 0. The first-order chi connectivity index (χ1) is 15.3. The molecule has 2 aromatic heterocycles. The van der Waals surface area contributed by atoms with Crippen molar-refractivity contribution in [3.63, 3.8) is 0 Å². The number of hydrogen-bond acceptors (Lipinski definition) is 7. The van der Waals surface area contributed by atoms with Crippen molar-refractivity contribution >= 4 is 5.91 Å². The van der Waals surface area contributed by atoms with E-state index in [9.17, 15) is 4.79 Å². The number of ether oxygens (including phenoxy) is 2. The third-order valence-electron chi connectivity index (χ3n) is 5.73. The molecule has 1 saturated heterocycles. The van der Waals surface area contributed by atoms with Gasteiger partial charge in [0.05, 0.1) is 12.3 Å². The fraction of sp³-hybridized carbons (Fsp3) is 0.391. The van der Waals surface area contributed by atoms with Crippen LogP contribution >= 0.6 is 0 Å². The van der Waals surface area contributed by atoms with Crippen LogP contribution in [0, 0.1) is 0 Å². The Morgan fingerprint density at radius 3 is 2.71 bits per heavy atom. The van der Waals surface area contributed by atoms with E-state index < -0.39 is 0 Å². The molecule has 1 amide bonds. The number of fused-ring (bicyclic) bond motifs is 1. The second-order valence-electron chi connectivity index (χ2n) is 7.77. The molecule has 0 bridgehead atoms. The van der Waals surface area contributed by atoms with Crippen molar-refractivity contribution in [2.45, 2.75) is 25.3 Å². The maximum Gasteiger partial charge on any atom is 0.273 e. The molecule has 0 radical (unpaired) electrons. The van der Waals surface area contributed by atoms with Gasteiger partial charge in [-0.2, -0.15) is 0 Å². The summed E-state index contributed by atoms with van der Waals surface area (Å²) < 4.78 is 22.2. The standard InChI is InChI=1S/C23H25N3O5/c27-23(24-15-18(19-5-4-10-28-19)26-8-2-1-3-9-26)17-14-21(31-25-17)16-6-7-20-22(13-16)30-12-11-29-20/h4-7,10,13-14,18H,1-3,8-9,11-12,15H2,(H,24,27). The van der Waals surface area contributed by atoms with Gasteiger partial charge in [0, 0.05) is 18.2 Å². The molecule has 1 atom stereocenters. The highest BCUT2D eigenvalue weighted by molar-refractivity contribution is 5.93. The van der Waals surface area contributed by atoms with Gasteiger partial charge in [-0.1, -0.05) is 11.6 Å². The number of nitrogens with zero attached hydrogens (tertiary/aromatic N) is 2. The minimum absolute atomic E-state index is 0.00316. The van der Waals surface area contributed by atoms with Crippen molar-refractivity contribution in [2.24, 2.45) is 0 Å². The predicted octanol–water partition coefficient (Wildman–Crippen LogP) is 3.66. The number of amides is 1. The summed E-state index contributed by atoms with van der Waals surface area (Å²) in [6.45, 7) is 3.49. The Bertz CT molecular complexity index is 1020. The monoisotopic (exact) mass is 423 g/mol. The Hall–Kier alpha value is -3.26. The van der Waals surface area contributed by atoms with E-state index in [-0.39, 0.29) is 17.6 Å². The SMILES string of the molecule is O=C(NCC(c1ccco1)N1CCCCC1)c1cc(-c2ccc3c(c2)OCCO3)on1. The first kappa shape index (κ1) is 19.7. The molecule has 8 nitrogen and oxygen atoms in total. The Kier molecular flexibility index (Phi) is 5.62. The van der Waals surface area contributed by atoms with E-state index in [0.717, 1.165) is 37.3 Å². The molecule has 0 aliphatic carbocycles. The molecule has 162 valence electrons. The lowest BCUT2D eigenvalue weighted by Crippen LogP contribution is -2.40. The number of hydrogen-bond donors (Lipinski definition) is 1. The van der Waals surface area contributed by atoms with Gasteiger partial charge in [-0.05, 0) is 56.3 Å². The van der Waals surface area contributed by atoms with Crippen molar-refractivity contribution in [3.8, 4) is 22.8 Å². The third-order valence-corrected chi connectivity index (χ3v) is 5.73. The Morgan fingerprint density at radius 2 is 1.90 bits per heavy atom. The average molecular weight is 423 g/mol. The van der Waals surface area contributed by atoms with Crippen LogP contribution in [0.5, 0.6) is 11.5 Å². The zero-order chi connectivity index (χ0) is 21.0.